The van der Waals surface area contributed by atoms with Gasteiger partial charge < -0.3 is 15.5 Å². The van der Waals surface area contributed by atoms with E-state index in [1.165, 1.54) is 35.4 Å². The molecule has 2 aliphatic rings. The van der Waals surface area contributed by atoms with E-state index < -0.39 is 0 Å². The molecule has 2 aliphatic carbocycles. The molecule has 0 bridgehead atoms. The van der Waals surface area contributed by atoms with Crippen LogP contribution in [0.15, 0.2) is 15.9 Å². The van der Waals surface area contributed by atoms with Crippen molar-refractivity contribution in [1.29, 1.82) is 0 Å². The molecule has 0 atom stereocenters. The number of anilines is 2. The zero-order valence-electron chi connectivity index (χ0n) is 17.0. The van der Waals surface area contributed by atoms with Gasteiger partial charge in [0, 0.05) is 31.7 Å². The Morgan fingerprint density at radius 2 is 1.83 bits per heavy atom. The van der Waals surface area contributed by atoms with E-state index in [1.807, 2.05) is 12.1 Å². The Morgan fingerprint density at radius 3 is 2.52 bits per heavy atom. The Hall–Kier alpha value is -1.67. The van der Waals surface area contributed by atoms with Gasteiger partial charge in [-0.05, 0) is 79.4 Å². The Bertz CT molecular complexity index is 876. The maximum Gasteiger partial charge on any atom is 0.261 e. The first-order valence-electron chi connectivity index (χ1n) is 10.4. The molecule has 156 valence electrons. The topological polar surface area (TPSA) is 70.2 Å². The summed E-state index contributed by atoms with van der Waals surface area (Å²) in [5.41, 5.74) is 2.53. The number of halogens is 1. The van der Waals surface area contributed by atoms with E-state index >= 15 is 0 Å². The van der Waals surface area contributed by atoms with Crippen LogP contribution >= 0.6 is 27.3 Å². The fourth-order valence-corrected chi connectivity index (χ4v) is 5.56. The number of carbonyl (C=O) groups is 1. The monoisotopic (exact) mass is 477 g/mol. The second-order valence-corrected chi connectivity index (χ2v) is 10.6. The number of rotatable bonds is 5. The minimum atomic E-state index is 0.0331. The van der Waals surface area contributed by atoms with Crippen molar-refractivity contribution >= 4 is 44.9 Å². The van der Waals surface area contributed by atoms with Crippen LogP contribution in [0.5, 0.6) is 0 Å². The number of thiophene rings is 1. The van der Waals surface area contributed by atoms with E-state index in [0.717, 1.165) is 59.0 Å². The van der Waals surface area contributed by atoms with Gasteiger partial charge in [-0.2, -0.15) is 4.98 Å². The lowest BCUT2D eigenvalue weighted by atomic mass is 9.91. The van der Waals surface area contributed by atoms with Gasteiger partial charge in [-0.15, -0.1) is 11.3 Å². The molecule has 0 aliphatic heterocycles. The molecule has 0 aromatic carbocycles. The fourth-order valence-electron chi connectivity index (χ4n) is 4.27. The zero-order chi connectivity index (χ0) is 20.4. The lowest BCUT2D eigenvalue weighted by molar-refractivity contribution is 0.0930. The third kappa shape index (κ3) is 4.91. The van der Waals surface area contributed by atoms with Crippen molar-refractivity contribution in [3.63, 3.8) is 0 Å². The molecule has 8 heteroatoms. The number of aryl methyl sites for hydroxylation is 1. The first-order chi connectivity index (χ1) is 14.0. The van der Waals surface area contributed by atoms with Crippen molar-refractivity contribution in [3.8, 4) is 0 Å². The number of amides is 1. The molecule has 2 N–H and O–H groups in total. The third-order valence-corrected chi connectivity index (χ3v) is 7.40. The minimum Gasteiger partial charge on any atom is -0.362 e. The molecule has 0 unspecified atom stereocenters. The van der Waals surface area contributed by atoms with Gasteiger partial charge in [-0.3, -0.25) is 4.79 Å². The largest absolute Gasteiger partial charge is 0.362 e. The van der Waals surface area contributed by atoms with Crippen LogP contribution in [0.4, 0.5) is 11.8 Å². The van der Waals surface area contributed by atoms with E-state index in [4.69, 9.17) is 9.97 Å². The third-order valence-electron chi connectivity index (χ3n) is 5.78. The van der Waals surface area contributed by atoms with E-state index in [0.29, 0.717) is 6.04 Å². The van der Waals surface area contributed by atoms with E-state index in [1.54, 1.807) is 0 Å². The highest BCUT2D eigenvalue weighted by Gasteiger charge is 2.25. The number of hydrogen-bond acceptors (Lipinski definition) is 6. The standard InChI is InChI=1S/C21H28BrN5OS/c1-27(2)19-15-5-3-4-6-16(15)25-21(26-19)24-14-9-7-13(8-10-14)23-20(28)17-11-12-18(22)29-17/h11-14H,3-10H2,1-2H3,(H,23,28)(H,24,25,26). The summed E-state index contributed by atoms with van der Waals surface area (Å²) in [4.78, 5) is 24.9. The van der Waals surface area contributed by atoms with Crippen LogP contribution in [-0.4, -0.2) is 42.1 Å². The summed E-state index contributed by atoms with van der Waals surface area (Å²) in [6.07, 6.45) is 8.53. The summed E-state index contributed by atoms with van der Waals surface area (Å²) in [6.45, 7) is 0. The fraction of sp³-hybridized carbons (Fsp3) is 0.571. The Kier molecular flexibility index (Phi) is 6.39. The van der Waals surface area contributed by atoms with Crippen LogP contribution in [0.3, 0.4) is 0 Å². The van der Waals surface area contributed by atoms with Crippen LogP contribution in [0.2, 0.25) is 0 Å². The Morgan fingerprint density at radius 1 is 1.10 bits per heavy atom. The van der Waals surface area contributed by atoms with Crippen molar-refractivity contribution in [2.75, 3.05) is 24.3 Å². The van der Waals surface area contributed by atoms with Crippen LogP contribution in [0.25, 0.3) is 0 Å². The molecule has 4 rings (SSSR count). The lowest BCUT2D eigenvalue weighted by Gasteiger charge is -2.30. The van der Waals surface area contributed by atoms with Crippen LogP contribution in [0.1, 0.15) is 59.5 Å². The number of hydrogen-bond donors (Lipinski definition) is 2. The minimum absolute atomic E-state index is 0.0331. The summed E-state index contributed by atoms with van der Waals surface area (Å²) < 4.78 is 0.984. The van der Waals surface area contributed by atoms with E-state index in [2.05, 4.69) is 45.6 Å². The number of carbonyl (C=O) groups excluding carboxylic acids is 1. The highest BCUT2D eigenvalue weighted by Crippen LogP contribution is 2.29. The molecule has 2 heterocycles. The van der Waals surface area contributed by atoms with Crippen LogP contribution in [-0.2, 0) is 12.8 Å². The molecule has 29 heavy (non-hydrogen) atoms. The lowest BCUT2D eigenvalue weighted by Crippen LogP contribution is -2.40. The van der Waals surface area contributed by atoms with Gasteiger partial charge >= 0.3 is 0 Å². The summed E-state index contributed by atoms with van der Waals surface area (Å²) in [5.74, 6) is 1.84. The van der Waals surface area contributed by atoms with Gasteiger partial charge in [0.1, 0.15) is 5.82 Å². The van der Waals surface area contributed by atoms with Crippen LogP contribution in [0, 0.1) is 0 Å². The maximum atomic E-state index is 12.4. The summed E-state index contributed by atoms with van der Waals surface area (Å²) in [6, 6.07) is 4.38. The van der Waals surface area contributed by atoms with Gasteiger partial charge in [0.25, 0.3) is 5.91 Å². The normalized spacial score (nSPS) is 21.3. The highest BCUT2D eigenvalue weighted by atomic mass is 79.9. The van der Waals surface area contributed by atoms with Crippen molar-refractivity contribution < 1.29 is 4.79 Å². The number of aromatic nitrogens is 2. The predicted octanol–water partition coefficient (Wildman–Crippen LogP) is 4.40. The number of nitrogens with one attached hydrogen (secondary N) is 2. The molecular formula is C21H28BrN5OS. The first kappa shape index (κ1) is 20.6. The quantitative estimate of drug-likeness (QED) is 0.667. The molecule has 6 nitrogen and oxygen atoms in total. The van der Waals surface area contributed by atoms with Crippen molar-refractivity contribution in [3.05, 3.63) is 32.1 Å². The number of nitrogens with zero attached hydrogens (tertiary/aromatic N) is 3. The van der Waals surface area contributed by atoms with Crippen molar-refractivity contribution in [1.82, 2.24) is 15.3 Å². The van der Waals surface area contributed by atoms with Gasteiger partial charge in [0.15, 0.2) is 0 Å². The van der Waals surface area contributed by atoms with Gasteiger partial charge in [-0.25, -0.2) is 4.98 Å². The average Bonchev–Trinajstić information content (AvgIpc) is 3.15. The molecule has 0 radical (unpaired) electrons. The SMILES string of the molecule is CN(C)c1nc(NC2CCC(NC(=O)c3ccc(Br)s3)CC2)nc2c1CCCC2. The summed E-state index contributed by atoms with van der Waals surface area (Å²) in [7, 11) is 4.11. The summed E-state index contributed by atoms with van der Waals surface area (Å²) >= 11 is 4.89. The molecule has 2 aromatic rings. The highest BCUT2D eigenvalue weighted by molar-refractivity contribution is 9.11. The smallest absolute Gasteiger partial charge is 0.261 e. The van der Waals surface area contributed by atoms with Gasteiger partial charge in [-0.1, -0.05) is 0 Å². The maximum absolute atomic E-state index is 12.4. The first-order valence-corrected chi connectivity index (χ1v) is 12.0. The Labute approximate surface area is 184 Å². The van der Waals surface area contributed by atoms with E-state index in [9.17, 15) is 4.79 Å². The molecular weight excluding hydrogens is 450 g/mol. The molecule has 0 spiro atoms. The summed E-state index contributed by atoms with van der Waals surface area (Å²) in [5, 5.41) is 6.75. The molecule has 2 aromatic heterocycles. The number of fused-ring (bicyclic) bond motifs is 1. The van der Waals surface area contributed by atoms with Crippen molar-refractivity contribution in [2.45, 2.75) is 63.5 Å². The second-order valence-electron chi connectivity index (χ2n) is 8.17. The van der Waals surface area contributed by atoms with Gasteiger partial charge in [0.05, 0.1) is 14.4 Å². The van der Waals surface area contributed by atoms with E-state index in [-0.39, 0.29) is 11.9 Å². The van der Waals surface area contributed by atoms with Crippen molar-refractivity contribution in [2.24, 2.45) is 0 Å². The van der Waals surface area contributed by atoms with Gasteiger partial charge in [0.2, 0.25) is 5.95 Å². The molecule has 0 saturated heterocycles. The zero-order valence-corrected chi connectivity index (χ0v) is 19.4. The second kappa shape index (κ2) is 9.00. The molecule has 1 amide bonds. The predicted molar refractivity (Wildman–Crippen MR) is 122 cm³/mol. The average molecular weight is 478 g/mol. The Balaban J connectivity index is 1.35. The molecule has 1 saturated carbocycles. The van der Waals surface area contributed by atoms with Crippen LogP contribution < -0.4 is 15.5 Å². The molecule has 1 fully saturated rings.